The molecule has 3 aromatic rings. The fourth-order valence-corrected chi connectivity index (χ4v) is 3.16. The van der Waals surface area contributed by atoms with Crippen LogP contribution in [0.25, 0.3) is 10.9 Å². The second kappa shape index (κ2) is 7.58. The summed E-state index contributed by atoms with van der Waals surface area (Å²) in [5.41, 5.74) is 2.58. The van der Waals surface area contributed by atoms with Crippen LogP contribution in [0.5, 0.6) is 0 Å². The first-order valence-electron chi connectivity index (χ1n) is 8.03. The van der Waals surface area contributed by atoms with Gasteiger partial charge in [-0.05, 0) is 43.0 Å². The summed E-state index contributed by atoms with van der Waals surface area (Å²) < 4.78 is 0.888. The molecule has 3 nitrogen and oxygen atoms in total. The third kappa shape index (κ3) is 3.82. The van der Waals surface area contributed by atoms with E-state index in [0.29, 0.717) is 12.0 Å². The van der Waals surface area contributed by atoms with E-state index in [1.807, 2.05) is 36.4 Å². The van der Waals surface area contributed by atoms with Gasteiger partial charge in [0.1, 0.15) is 0 Å². The van der Waals surface area contributed by atoms with Crippen LogP contribution >= 0.6 is 15.9 Å². The van der Waals surface area contributed by atoms with E-state index in [0.717, 1.165) is 34.6 Å². The molecule has 0 aliphatic rings. The highest BCUT2D eigenvalue weighted by atomic mass is 79.9. The second-order valence-electron chi connectivity index (χ2n) is 5.84. The lowest BCUT2D eigenvalue weighted by atomic mass is 10.0. The molecule has 1 heterocycles. The van der Waals surface area contributed by atoms with Crippen LogP contribution < -0.4 is 0 Å². The Hall–Kier alpha value is -2.20. The molecule has 0 amide bonds. The molecule has 0 saturated carbocycles. The largest absolute Gasteiger partial charge is 0.360 e. The first-order chi connectivity index (χ1) is 11.6. The maximum atomic E-state index is 12.4. The van der Waals surface area contributed by atoms with Gasteiger partial charge in [-0.2, -0.15) is 0 Å². The van der Waals surface area contributed by atoms with E-state index in [1.54, 1.807) is 6.20 Å². The van der Waals surface area contributed by atoms with Crippen molar-refractivity contribution in [2.24, 2.45) is 0 Å². The van der Waals surface area contributed by atoms with Crippen molar-refractivity contribution in [3.05, 3.63) is 70.3 Å². The summed E-state index contributed by atoms with van der Waals surface area (Å²) in [6.07, 6.45) is 4.49. The monoisotopic (exact) mass is 383 g/mol. The number of H-pyrrole nitrogens is 1. The van der Waals surface area contributed by atoms with Gasteiger partial charge < -0.3 is 4.98 Å². The zero-order valence-electron chi connectivity index (χ0n) is 13.2. The van der Waals surface area contributed by atoms with E-state index in [1.165, 1.54) is 5.56 Å². The molecule has 24 heavy (non-hydrogen) atoms. The number of nitrogens with one attached hydrogen (secondary N) is 1. The molecule has 1 N–H and O–H groups in total. The number of rotatable bonds is 7. The molecule has 3 rings (SSSR count). The fourth-order valence-electron chi connectivity index (χ4n) is 2.80. The van der Waals surface area contributed by atoms with Crippen LogP contribution in [0, 0.1) is 0 Å². The summed E-state index contributed by atoms with van der Waals surface area (Å²) in [7, 11) is 0. The molecule has 0 atom stereocenters. The van der Waals surface area contributed by atoms with E-state index in [2.05, 4.69) is 33.0 Å². The number of Topliss-reactive ketones (excluding diaryl/α,β-unsaturated/α-hetero) is 2. The Morgan fingerprint density at radius 3 is 2.58 bits per heavy atom. The molecular weight excluding hydrogens is 366 g/mol. The average molecular weight is 384 g/mol. The van der Waals surface area contributed by atoms with Crippen molar-refractivity contribution in [3.63, 3.8) is 0 Å². The average Bonchev–Trinajstić information content (AvgIpc) is 3.01. The molecular formula is C20H18BrNO2. The highest BCUT2D eigenvalue weighted by Crippen LogP contribution is 2.23. The lowest BCUT2D eigenvalue weighted by Crippen LogP contribution is -2.13. The van der Waals surface area contributed by atoms with Crippen LogP contribution in [-0.2, 0) is 11.2 Å². The first-order valence-corrected chi connectivity index (χ1v) is 8.82. The van der Waals surface area contributed by atoms with Gasteiger partial charge in [0, 0.05) is 28.0 Å². The number of ketones is 2. The van der Waals surface area contributed by atoms with Crippen molar-refractivity contribution in [1.82, 2.24) is 4.98 Å². The Kier molecular flexibility index (Phi) is 5.26. The molecule has 0 radical (unpaired) electrons. The lowest BCUT2D eigenvalue weighted by Gasteiger charge is -2.02. The van der Waals surface area contributed by atoms with Crippen LogP contribution in [0.2, 0.25) is 0 Å². The van der Waals surface area contributed by atoms with Gasteiger partial charge in [-0.1, -0.05) is 46.3 Å². The molecule has 0 saturated heterocycles. The Labute approximate surface area is 149 Å². The lowest BCUT2D eigenvalue weighted by molar-refractivity contribution is -0.115. The van der Waals surface area contributed by atoms with Gasteiger partial charge >= 0.3 is 0 Å². The minimum Gasteiger partial charge on any atom is -0.360 e. The predicted octanol–water partition coefficient (Wildman–Crippen LogP) is 5.10. The van der Waals surface area contributed by atoms with Gasteiger partial charge in [0.05, 0.1) is 5.56 Å². The van der Waals surface area contributed by atoms with Crippen molar-refractivity contribution in [2.75, 3.05) is 0 Å². The zero-order chi connectivity index (χ0) is 16.9. The van der Waals surface area contributed by atoms with E-state index in [-0.39, 0.29) is 5.78 Å². The third-order valence-electron chi connectivity index (χ3n) is 4.10. The number of aryl methyl sites for hydroxylation is 1. The van der Waals surface area contributed by atoms with E-state index in [9.17, 15) is 9.59 Å². The molecule has 1 aromatic heterocycles. The van der Waals surface area contributed by atoms with Gasteiger partial charge in [0.15, 0.2) is 0 Å². The van der Waals surface area contributed by atoms with Gasteiger partial charge in [-0.25, -0.2) is 0 Å². The van der Waals surface area contributed by atoms with Crippen molar-refractivity contribution < 1.29 is 9.59 Å². The number of aromatic amines is 1. The molecule has 0 aliphatic heterocycles. The van der Waals surface area contributed by atoms with Crippen LogP contribution in [-0.4, -0.2) is 16.6 Å². The smallest absolute Gasteiger partial charge is 0.230 e. The maximum Gasteiger partial charge on any atom is 0.230 e. The summed E-state index contributed by atoms with van der Waals surface area (Å²) in [6, 6.07) is 15.8. The molecule has 0 spiro atoms. The molecule has 2 aromatic carbocycles. The topological polar surface area (TPSA) is 49.9 Å². The highest BCUT2D eigenvalue weighted by Gasteiger charge is 2.19. The molecule has 0 unspecified atom stereocenters. The number of carbonyl (C=O) groups excluding carboxylic acids is 2. The van der Waals surface area contributed by atoms with Crippen molar-refractivity contribution in [1.29, 1.82) is 0 Å². The van der Waals surface area contributed by atoms with Crippen molar-refractivity contribution in [2.45, 2.75) is 25.7 Å². The van der Waals surface area contributed by atoms with E-state index in [4.69, 9.17) is 0 Å². The highest BCUT2D eigenvalue weighted by molar-refractivity contribution is 9.10. The molecule has 0 fully saturated rings. The quantitative estimate of drug-likeness (QED) is 0.350. The predicted molar refractivity (Wildman–Crippen MR) is 99.3 cm³/mol. The van der Waals surface area contributed by atoms with Gasteiger partial charge in [0.25, 0.3) is 0 Å². The Morgan fingerprint density at radius 2 is 1.79 bits per heavy atom. The standard InChI is InChI=1S/C20H18BrNO2/c21-15-10-11-18-16(12-15)17(13-22-18)20(24)19(23)9-5-4-8-14-6-2-1-3-7-14/h1-3,6-7,10-13,22H,4-5,8-9H2. The third-order valence-corrected chi connectivity index (χ3v) is 4.60. The molecule has 4 heteroatoms. The molecule has 0 bridgehead atoms. The van der Waals surface area contributed by atoms with Crippen molar-refractivity contribution in [3.8, 4) is 0 Å². The minimum absolute atomic E-state index is 0.298. The summed E-state index contributed by atoms with van der Waals surface area (Å²) >= 11 is 3.40. The number of unbranched alkanes of at least 4 members (excludes halogenated alkanes) is 1. The fraction of sp³-hybridized carbons (Fsp3) is 0.200. The molecule has 122 valence electrons. The summed E-state index contributed by atoms with van der Waals surface area (Å²) in [5, 5.41) is 0.784. The number of halogens is 1. The van der Waals surface area contributed by atoms with Gasteiger partial charge in [-0.15, -0.1) is 0 Å². The summed E-state index contributed by atoms with van der Waals surface area (Å²) in [6.45, 7) is 0. The number of fused-ring (bicyclic) bond motifs is 1. The van der Waals surface area contributed by atoms with Gasteiger partial charge in [-0.3, -0.25) is 9.59 Å². The summed E-state index contributed by atoms with van der Waals surface area (Å²) in [5.74, 6) is -0.719. The number of hydrogen-bond acceptors (Lipinski definition) is 2. The maximum absolute atomic E-state index is 12.4. The zero-order valence-corrected chi connectivity index (χ0v) is 14.8. The van der Waals surface area contributed by atoms with E-state index < -0.39 is 5.78 Å². The van der Waals surface area contributed by atoms with Crippen LogP contribution in [0.4, 0.5) is 0 Å². The van der Waals surface area contributed by atoms with Crippen LogP contribution in [0.3, 0.4) is 0 Å². The van der Waals surface area contributed by atoms with Crippen LogP contribution in [0.15, 0.2) is 59.2 Å². The number of carbonyl (C=O) groups is 2. The number of benzene rings is 2. The summed E-state index contributed by atoms with van der Waals surface area (Å²) in [4.78, 5) is 27.7. The second-order valence-corrected chi connectivity index (χ2v) is 6.75. The number of aromatic nitrogens is 1. The Morgan fingerprint density at radius 1 is 1.00 bits per heavy atom. The van der Waals surface area contributed by atoms with Crippen LogP contribution in [0.1, 0.15) is 35.2 Å². The first kappa shape index (κ1) is 16.7. The SMILES string of the molecule is O=C(CCCCc1ccccc1)C(=O)c1c[nH]c2ccc(Br)cc12. The van der Waals surface area contributed by atoms with Gasteiger partial charge in [0.2, 0.25) is 11.6 Å². The minimum atomic E-state index is -0.404. The van der Waals surface area contributed by atoms with E-state index >= 15 is 0 Å². The Bertz CT molecular complexity index is 868. The molecule has 0 aliphatic carbocycles. The number of hydrogen-bond donors (Lipinski definition) is 1. The normalized spacial score (nSPS) is 10.9. The van der Waals surface area contributed by atoms with Crippen molar-refractivity contribution >= 4 is 38.4 Å². The Balaban J connectivity index is 1.58.